The Bertz CT molecular complexity index is 900. The van der Waals surface area contributed by atoms with Gasteiger partial charge in [0.2, 0.25) is 5.82 Å². The molecule has 0 amide bonds. The van der Waals surface area contributed by atoms with Gasteiger partial charge in [0.25, 0.3) is 5.89 Å². The van der Waals surface area contributed by atoms with Gasteiger partial charge < -0.3 is 4.52 Å². The average molecular weight is 299 g/mol. The van der Waals surface area contributed by atoms with Gasteiger partial charge in [-0.25, -0.2) is 0 Å². The number of rotatable bonds is 3. The maximum absolute atomic E-state index is 5.37. The second-order valence-electron chi connectivity index (χ2n) is 5.08. The first kappa shape index (κ1) is 13.4. The SMILES string of the molecule is c1ccc(-c2noc(-c3ccc(-c4ccccn4)cc3)n2)cc1. The van der Waals surface area contributed by atoms with E-state index in [4.69, 9.17) is 4.52 Å². The number of pyridine rings is 1. The molecule has 2 heterocycles. The van der Waals surface area contributed by atoms with Crippen LogP contribution < -0.4 is 0 Å². The zero-order valence-electron chi connectivity index (χ0n) is 12.3. The first-order valence-corrected chi connectivity index (χ1v) is 7.31. The second kappa shape index (κ2) is 5.85. The third kappa shape index (κ3) is 2.74. The molecule has 0 aliphatic heterocycles. The van der Waals surface area contributed by atoms with Crippen LogP contribution in [0, 0.1) is 0 Å². The zero-order valence-corrected chi connectivity index (χ0v) is 12.3. The van der Waals surface area contributed by atoms with Crippen LogP contribution >= 0.6 is 0 Å². The van der Waals surface area contributed by atoms with Gasteiger partial charge in [-0.05, 0) is 24.3 Å². The molecule has 0 saturated carbocycles. The Hall–Kier alpha value is -3.27. The van der Waals surface area contributed by atoms with Crippen molar-refractivity contribution in [3.05, 3.63) is 79.0 Å². The van der Waals surface area contributed by atoms with Crippen molar-refractivity contribution in [3.8, 4) is 34.1 Å². The van der Waals surface area contributed by atoms with Crippen LogP contribution in [0.4, 0.5) is 0 Å². The lowest BCUT2D eigenvalue weighted by atomic mass is 10.1. The van der Waals surface area contributed by atoms with Crippen molar-refractivity contribution in [3.63, 3.8) is 0 Å². The lowest BCUT2D eigenvalue weighted by Gasteiger charge is -2.00. The quantitative estimate of drug-likeness (QED) is 0.560. The number of benzene rings is 2. The van der Waals surface area contributed by atoms with E-state index >= 15 is 0 Å². The van der Waals surface area contributed by atoms with Crippen LogP contribution in [0.2, 0.25) is 0 Å². The predicted octanol–water partition coefficient (Wildman–Crippen LogP) is 4.47. The maximum atomic E-state index is 5.37. The van der Waals surface area contributed by atoms with Crippen molar-refractivity contribution in [2.45, 2.75) is 0 Å². The summed E-state index contributed by atoms with van der Waals surface area (Å²) in [6.07, 6.45) is 1.79. The van der Waals surface area contributed by atoms with Crippen LogP contribution in [0.5, 0.6) is 0 Å². The smallest absolute Gasteiger partial charge is 0.258 e. The first-order chi connectivity index (χ1) is 11.4. The minimum absolute atomic E-state index is 0.511. The minimum Gasteiger partial charge on any atom is -0.334 e. The summed E-state index contributed by atoms with van der Waals surface area (Å²) in [4.78, 5) is 8.80. The van der Waals surface area contributed by atoms with Gasteiger partial charge in [0, 0.05) is 22.9 Å². The van der Waals surface area contributed by atoms with Crippen molar-refractivity contribution in [1.82, 2.24) is 15.1 Å². The van der Waals surface area contributed by atoms with Gasteiger partial charge >= 0.3 is 0 Å². The predicted molar refractivity (Wildman–Crippen MR) is 88.4 cm³/mol. The molecular weight excluding hydrogens is 286 g/mol. The summed E-state index contributed by atoms with van der Waals surface area (Å²) in [6.45, 7) is 0. The molecule has 4 aromatic rings. The molecule has 0 atom stereocenters. The Morgan fingerprint density at radius 3 is 2.13 bits per heavy atom. The fraction of sp³-hybridized carbons (Fsp3) is 0. The minimum atomic E-state index is 0.511. The van der Waals surface area contributed by atoms with Crippen molar-refractivity contribution < 1.29 is 4.52 Å². The fourth-order valence-corrected chi connectivity index (χ4v) is 2.36. The maximum Gasteiger partial charge on any atom is 0.258 e. The average Bonchev–Trinajstić information content (AvgIpc) is 3.14. The summed E-state index contributed by atoms with van der Waals surface area (Å²) in [6, 6.07) is 23.6. The van der Waals surface area contributed by atoms with Gasteiger partial charge in [0.05, 0.1) is 5.69 Å². The Labute approximate surface area is 133 Å². The molecular formula is C19H13N3O. The standard InChI is InChI=1S/C19H13N3O/c1-2-6-15(7-3-1)18-21-19(23-22-18)16-11-9-14(10-12-16)17-8-4-5-13-20-17/h1-13H. The number of hydrogen-bond acceptors (Lipinski definition) is 4. The highest BCUT2D eigenvalue weighted by atomic mass is 16.5. The lowest BCUT2D eigenvalue weighted by molar-refractivity contribution is 0.432. The highest BCUT2D eigenvalue weighted by molar-refractivity contribution is 5.65. The molecule has 23 heavy (non-hydrogen) atoms. The van der Waals surface area contributed by atoms with E-state index in [9.17, 15) is 0 Å². The monoisotopic (exact) mass is 299 g/mol. The van der Waals surface area contributed by atoms with Crippen molar-refractivity contribution >= 4 is 0 Å². The summed E-state index contributed by atoms with van der Waals surface area (Å²) >= 11 is 0. The van der Waals surface area contributed by atoms with Crippen molar-refractivity contribution in [1.29, 1.82) is 0 Å². The second-order valence-corrected chi connectivity index (χ2v) is 5.08. The van der Waals surface area contributed by atoms with Crippen molar-refractivity contribution in [2.24, 2.45) is 0 Å². The van der Waals surface area contributed by atoms with Crippen LogP contribution in [0.1, 0.15) is 0 Å². The number of aromatic nitrogens is 3. The van der Waals surface area contributed by atoms with Gasteiger partial charge in [-0.3, -0.25) is 4.98 Å². The van der Waals surface area contributed by atoms with Gasteiger partial charge in [0.1, 0.15) is 0 Å². The summed E-state index contributed by atoms with van der Waals surface area (Å²) < 4.78 is 5.37. The van der Waals surface area contributed by atoms with Gasteiger partial charge in [-0.15, -0.1) is 0 Å². The third-order valence-corrected chi connectivity index (χ3v) is 3.55. The molecule has 2 aromatic heterocycles. The first-order valence-electron chi connectivity index (χ1n) is 7.31. The molecule has 110 valence electrons. The molecule has 0 unspecified atom stereocenters. The normalized spacial score (nSPS) is 10.6. The summed E-state index contributed by atoms with van der Waals surface area (Å²) in [7, 11) is 0. The number of hydrogen-bond donors (Lipinski definition) is 0. The Balaban J connectivity index is 1.63. The van der Waals surface area contributed by atoms with Gasteiger partial charge in [-0.2, -0.15) is 4.98 Å². The molecule has 4 rings (SSSR count). The molecule has 4 heteroatoms. The van der Waals surface area contributed by atoms with E-state index in [1.54, 1.807) is 6.20 Å². The molecule has 0 spiro atoms. The molecule has 0 aliphatic carbocycles. The highest BCUT2D eigenvalue weighted by Gasteiger charge is 2.10. The van der Waals surface area contributed by atoms with Crippen LogP contribution in [0.3, 0.4) is 0 Å². The Morgan fingerprint density at radius 2 is 1.39 bits per heavy atom. The molecule has 2 aromatic carbocycles. The lowest BCUT2D eigenvalue weighted by Crippen LogP contribution is -1.83. The summed E-state index contributed by atoms with van der Waals surface area (Å²) in [5.74, 6) is 1.10. The van der Waals surface area contributed by atoms with Crippen LogP contribution in [-0.4, -0.2) is 15.1 Å². The molecule has 0 aliphatic rings. The van der Waals surface area contributed by atoms with E-state index in [2.05, 4.69) is 15.1 Å². The van der Waals surface area contributed by atoms with E-state index in [0.717, 1.165) is 22.4 Å². The summed E-state index contributed by atoms with van der Waals surface area (Å²) in [5, 5.41) is 4.04. The van der Waals surface area contributed by atoms with Crippen LogP contribution in [-0.2, 0) is 0 Å². The summed E-state index contributed by atoms with van der Waals surface area (Å²) in [5.41, 5.74) is 3.82. The Kier molecular flexibility index (Phi) is 3.41. The molecule has 0 bridgehead atoms. The van der Waals surface area contributed by atoms with E-state index in [-0.39, 0.29) is 0 Å². The Morgan fingerprint density at radius 1 is 0.652 bits per heavy atom. The third-order valence-electron chi connectivity index (χ3n) is 3.55. The van der Waals surface area contributed by atoms with E-state index < -0.39 is 0 Å². The van der Waals surface area contributed by atoms with Gasteiger partial charge in [0.15, 0.2) is 0 Å². The highest BCUT2D eigenvalue weighted by Crippen LogP contribution is 2.24. The topological polar surface area (TPSA) is 51.8 Å². The van der Waals surface area contributed by atoms with E-state index in [0.29, 0.717) is 11.7 Å². The van der Waals surface area contributed by atoms with Crippen LogP contribution in [0.15, 0.2) is 83.5 Å². The molecule has 0 fully saturated rings. The van der Waals surface area contributed by atoms with E-state index in [1.807, 2.05) is 72.8 Å². The molecule has 0 radical (unpaired) electrons. The van der Waals surface area contributed by atoms with E-state index in [1.165, 1.54) is 0 Å². The molecule has 0 saturated heterocycles. The van der Waals surface area contributed by atoms with Crippen LogP contribution in [0.25, 0.3) is 34.1 Å². The number of nitrogens with zero attached hydrogens (tertiary/aromatic N) is 3. The molecule has 4 nitrogen and oxygen atoms in total. The largest absolute Gasteiger partial charge is 0.334 e. The zero-order chi connectivity index (χ0) is 15.5. The van der Waals surface area contributed by atoms with Crippen molar-refractivity contribution in [2.75, 3.05) is 0 Å². The fourth-order valence-electron chi connectivity index (χ4n) is 2.36. The molecule has 0 N–H and O–H groups in total. The van der Waals surface area contributed by atoms with Gasteiger partial charge in [-0.1, -0.05) is 53.7 Å².